The molecule has 0 unspecified atom stereocenters. The van der Waals surface area contributed by atoms with Gasteiger partial charge in [0, 0.05) is 12.6 Å². The monoisotopic (exact) mass is 236 g/mol. The zero-order valence-corrected chi connectivity index (χ0v) is 8.35. The minimum atomic E-state index is -4.64. The van der Waals surface area contributed by atoms with E-state index in [1.54, 1.807) is 0 Å². The third-order valence-electron chi connectivity index (χ3n) is 1.59. The molecule has 0 aromatic carbocycles. The van der Waals surface area contributed by atoms with Crippen molar-refractivity contribution >= 4 is 12.6 Å². The standard InChI is InChI=1S/C8H7F3N2OS/c1-2-3-13-6(14)4-5(8(9,10)11)12-7(13)15/h2,4H,1,3H2,(H,12,15). The van der Waals surface area contributed by atoms with Crippen LogP contribution in [0.25, 0.3) is 0 Å². The van der Waals surface area contributed by atoms with Crippen LogP contribution >= 0.6 is 12.6 Å². The van der Waals surface area contributed by atoms with E-state index in [1.165, 1.54) is 6.08 Å². The molecular formula is C8H7F3N2OS. The molecule has 0 fully saturated rings. The van der Waals surface area contributed by atoms with E-state index in [-0.39, 0.29) is 11.7 Å². The summed E-state index contributed by atoms with van der Waals surface area (Å²) in [5.41, 5.74) is -2.04. The van der Waals surface area contributed by atoms with Gasteiger partial charge in [0.2, 0.25) is 0 Å². The molecular weight excluding hydrogens is 229 g/mol. The van der Waals surface area contributed by atoms with Crippen LogP contribution in [0.15, 0.2) is 28.7 Å². The van der Waals surface area contributed by atoms with E-state index in [2.05, 4.69) is 24.2 Å². The third-order valence-corrected chi connectivity index (χ3v) is 1.93. The van der Waals surface area contributed by atoms with E-state index in [0.717, 1.165) is 4.57 Å². The van der Waals surface area contributed by atoms with Crippen molar-refractivity contribution in [1.82, 2.24) is 9.55 Å². The van der Waals surface area contributed by atoms with Crippen molar-refractivity contribution < 1.29 is 13.2 Å². The first-order valence-electron chi connectivity index (χ1n) is 3.85. The van der Waals surface area contributed by atoms with Crippen LogP contribution in [-0.2, 0) is 12.7 Å². The first-order valence-corrected chi connectivity index (χ1v) is 4.30. The van der Waals surface area contributed by atoms with Gasteiger partial charge in [0.05, 0.1) is 0 Å². The molecule has 0 aliphatic rings. The average Bonchev–Trinajstić information content (AvgIpc) is 2.09. The lowest BCUT2D eigenvalue weighted by molar-refractivity contribution is -0.141. The van der Waals surface area contributed by atoms with Crippen LogP contribution in [-0.4, -0.2) is 9.55 Å². The second-order valence-corrected chi connectivity index (χ2v) is 3.08. The van der Waals surface area contributed by atoms with Gasteiger partial charge in [0.1, 0.15) is 0 Å². The van der Waals surface area contributed by atoms with Crippen molar-refractivity contribution in [3.05, 3.63) is 34.8 Å². The SMILES string of the molecule is C=CCn1c(S)nc(C(F)(F)F)cc1=O. The van der Waals surface area contributed by atoms with Crippen molar-refractivity contribution in [2.24, 2.45) is 0 Å². The molecule has 82 valence electrons. The predicted molar refractivity (Wildman–Crippen MR) is 50.9 cm³/mol. The molecule has 1 heterocycles. The number of thiol groups is 1. The van der Waals surface area contributed by atoms with Crippen LogP contribution in [0.2, 0.25) is 0 Å². The fraction of sp³-hybridized carbons (Fsp3) is 0.250. The molecule has 1 aromatic rings. The summed E-state index contributed by atoms with van der Waals surface area (Å²) in [5.74, 6) is 0. The highest BCUT2D eigenvalue weighted by Gasteiger charge is 2.33. The number of alkyl halides is 3. The molecule has 15 heavy (non-hydrogen) atoms. The fourth-order valence-corrected chi connectivity index (χ4v) is 1.23. The van der Waals surface area contributed by atoms with Gasteiger partial charge in [-0.1, -0.05) is 6.08 Å². The van der Waals surface area contributed by atoms with E-state index in [1.807, 2.05) is 0 Å². The Labute approximate surface area is 88.7 Å². The van der Waals surface area contributed by atoms with Crippen LogP contribution < -0.4 is 5.56 Å². The van der Waals surface area contributed by atoms with Gasteiger partial charge in [-0.25, -0.2) is 4.98 Å². The summed E-state index contributed by atoms with van der Waals surface area (Å²) in [6.45, 7) is 3.44. The lowest BCUT2D eigenvalue weighted by Crippen LogP contribution is -2.24. The zero-order valence-electron chi connectivity index (χ0n) is 7.45. The van der Waals surface area contributed by atoms with E-state index in [9.17, 15) is 18.0 Å². The molecule has 0 amide bonds. The maximum atomic E-state index is 12.2. The van der Waals surface area contributed by atoms with Gasteiger partial charge in [-0.2, -0.15) is 13.2 Å². The molecule has 7 heteroatoms. The quantitative estimate of drug-likeness (QED) is 0.482. The number of rotatable bonds is 2. The normalized spacial score (nSPS) is 11.5. The zero-order chi connectivity index (χ0) is 11.6. The van der Waals surface area contributed by atoms with Crippen molar-refractivity contribution in [3.8, 4) is 0 Å². The van der Waals surface area contributed by atoms with Crippen LogP contribution in [0.5, 0.6) is 0 Å². The Kier molecular flexibility index (Phi) is 3.23. The fourth-order valence-electron chi connectivity index (χ4n) is 0.940. The second-order valence-electron chi connectivity index (χ2n) is 2.68. The highest BCUT2D eigenvalue weighted by Crippen LogP contribution is 2.26. The molecule has 0 aliphatic heterocycles. The number of allylic oxidation sites excluding steroid dienone is 1. The van der Waals surface area contributed by atoms with Crippen molar-refractivity contribution in [3.63, 3.8) is 0 Å². The minimum absolute atomic E-state index is 0.0722. The number of aromatic nitrogens is 2. The highest BCUT2D eigenvalue weighted by molar-refractivity contribution is 7.80. The number of nitrogens with zero attached hydrogens (tertiary/aromatic N) is 2. The Morgan fingerprint density at radius 1 is 1.60 bits per heavy atom. The largest absolute Gasteiger partial charge is 0.433 e. The summed E-state index contributed by atoms with van der Waals surface area (Å²) in [7, 11) is 0. The van der Waals surface area contributed by atoms with Gasteiger partial charge in [-0.15, -0.1) is 19.2 Å². The first-order chi connectivity index (χ1) is 6.86. The first kappa shape index (κ1) is 11.8. The summed E-state index contributed by atoms with van der Waals surface area (Å²) >= 11 is 3.71. The number of hydrogen-bond acceptors (Lipinski definition) is 3. The predicted octanol–water partition coefficient (Wildman–Crippen LogP) is 1.74. The summed E-state index contributed by atoms with van der Waals surface area (Å²) in [6.07, 6.45) is -3.26. The van der Waals surface area contributed by atoms with E-state index in [0.29, 0.717) is 6.07 Å². The summed E-state index contributed by atoms with van der Waals surface area (Å²) in [5, 5.41) is -0.283. The van der Waals surface area contributed by atoms with E-state index < -0.39 is 17.4 Å². The van der Waals surface area contributed by atoms with Crippen molar-refractivity contribution in [2.75, 3.05) is 0 Å². The Hall–Kier alpha value is -1.24. The number of hydrogen-bond donors (Lipinski definition) is 1. The molecule has 0 saturated heterocycles. The molecule has 0 saturated carbocycles. The third kappa shape index (κ3) is 2.62. The lowest BCUT2D eigenvalue weighted by Gasteiger charge is -2.09. The smallest absolute Gasteiger partial charge is 0.284 e. The van der Waals surface area contributed by atoms with Crippen molar-refractivity contribution in [1.29, 1.82) is 0 Å². The van der Waals surface area contributed by atoms with E-state index in [4.69, 9.17) is 0 Å². The topological polar surface area (TPSA) is 34.9 Å². The Bertz CT molecular complexity index is 438. The molecule has 0 spiro atoms. The van der Waals surface area contributed by atoms with Gasteiger partial charge < -0.3 is 0 Å². The Morgan fingerprint density at radius 3 is 2.60 bits per heavy atom. The maximum Gasteiger partial charge on any atom is 0.433 e. The molecule has 0 atom stereocenters. The second kappa shape index (κ2) is 4.09. The highest BCUT2D eigenvalue weighted by atomic mass is 32.1. The molecule has 0 radical (unpaired) electrons. The Morgan fingerprint density at radius 2 is 2.20 bits per heavy atom. The van der Waals surface area contributed by atoms with Crippen LogP contribution in [0.4, 0.5) is 13.2 Å². The van der Waals surface area contributed by atoms with E-state index >= 15 is 0 Å². The number of halogens is 3. The molecule has 0 N–H and O–H groups in total. The lowest BCUT2D eigenvalue weighted by atomic mass is 10.4. The van der Waals surface area contributed by atoms with Gasteiger partial charge >= 0.3 is 6.18 Å². The van der Waals surface area contributed by atoms with Gasteiger partial charge in [0.25, 0.3) is 5.56 Å². The minimum Gasteiger partial charge on any atom is -0.284 e. The van der Waals surface area contributed by atoms with Crippen LogP contribution in [0.3, 0.4) is 0 Å². The van der Waals surface area contributed by atoms with Gasteiger partial charge in [-0.3, -0.25) is 9.36 Å². The molecule has 1 rings (SSSR count). The molecule has 0 aliphatic carbocycles. The summed E-state index contributed by atoms with van der Waals surface area (Å²) < 4.78 is 37.6. The average molecular weight is 236 g/mol. The maximum absolute atomic E-state index is 12.2. The van der Waals surface area contributed by atoms with Crippen molar-refractivity contribution in [2.45, 2.75) is 17.9 Å². The van der Waals surface area contributed by atoms with Gasteiger partial charge in [0.15, 0.2) is 10.9 Å². The summed E-state index contributed by atoms with van der Waals surface area (Å²) in [6, 6.07) is 0.434. The molecule has 3 nitrogen and oxygen atoms in total. The molecule has 1 aromatic heterocycles. The Balaban J connectivity index is 3.32. The van der Waals surface area contributed by atoms with Crippen LogP contribution in [0, 0.1) is 0 Å². The summed E-state index contributed by atoms with van der Waals surface area (Å²) in [4.78, 5) is 14.4. The molecule has 0 bridgehead atoms. The van der Waals surface area contributed by atoms with Gasteiger partial charge in [-0.05, 0) is 0 Å². The van der Waals surface area contributed by atoms with Crippen LogP contribution in [0.1, 0.15) is 5.69 Å².